The molecule has 46 heavy (non-hydrogen) atoms. The normalized spacial score (nSPS) is 16.6. The Morgan fingerprint density at radius 2 is 1.70 bits per heavy atom. The summed E-state index contributed by atoms with van der Waals surface area (Å²) in [6, 6.07) is 25.1. The topological polar surface area (TPSA) is 54.1 Å². The van der Waals surface area contributed by atoms with Gasteiger partial charge in [0.05, 0.1) is 29.5 Å². The number of hydrogen-bond donors (Lipinski definition) is 0. The molecule has 234 valence electrons. The fourth-order valence-electron chi connectivity index (χ4n) is 7.49. The van der Waals surface area contributed by atoms with Crippen molar-refractivity contribution >= 4 is 21.8 Å². The molecule has 0 radical (unpaired) electrons. The maximum absolute atomic E-state index is 6.69. The predicted molar refractivity (Wildman–Crippen MR) is 187 cm³/mol. The van der Waals surface area contributed by atoms with Crippen LogP contribution in [0.15, 0.2) is 90.6 Å². The maximum Gasteiger partial charge on any atom is 0.141 e. The van der Waals surface area contributed by atoms with Crippen molar-refractivity contribution in [2.24, 2.45) is 5.92 Å². The van der Waals surface area contributed by atoms with E-state index in [1.165, 1.54) is 34.2 Å². The highest BCUT2D eigenvalue weighted by atomic mass is 16.5. The molecular weight excluding hydrogens is 568 g/mol. The van der Waals surface area contributed by atoms with E-state index < -0.39 is 0 Å². The standard InChI is InChI=1S/C40H42N4O2/c1-7-11-29-20-30(44-28(5)40(27(4)42-44)39-25(2)12-10-13-26(39)3)22-33(21-29)46-32-16-17-35-34-14-8-9-15-36(34)43(37(35)23-32)38-24-31(45-6)18-19-41-38/h8-9,12,14-24,26,39H,7,10-11,13H2,1-6H3/t26-,39+/m0/s1. The minimum Gasteiger partial charge on any atom is -0.497 e. The molecule has 0 saturated heterocycles. The number of ether oxygens (including phenoxy) is 2. The van der Waals surface area contributed by atoms with E-state index in [4.69, 9.17) is 19.6 Å². The molecule has 0 N–H and O–H groups in total. The summed E-state index contributed by atoms with van der Waals surface area (Å²) in [5.74, 6) is 4.15. The molecule has 3 aromatic heterocycles. The third-order valence-electron chi connectivity index (χ3n) is 9.60. The van der Waals surface area contributed by atoms with Gasteiger partial charge in [0.1, 0.15) is 23.1 Å². The number of para-hydroxylation sites is 1. The summed E-state index contributed by atoms with van der Waals surface area (Å²) in [5.41, 5.74) is 9.53. The average Bonchev–Trinajstić information content (AvgIpc) is 3.54. The Morgan fingerprint density at radius 3 is 2.50 bits per heavy atom. The zero-order chi connectivity index (χ0) is 31.9. The minimum absolute atomic E-state index is 0.412. The van der Waals surface area contributed by atoms with E-state index in [0.29, 0.717) is 11.8 Å². The van der Waals surface area contributed by atoms with E-state index in [1.54, 1.807) is 13.3 Å². The van der Waals surface area contributed by atoms with Crippen LogP contribution in [0.1, 0.15) is 68.5 Å². The first-order valence-electron chi connectivity index (χ1n) is 16.4. The summed E-state index contributed by atoms with van der Waals surface area (Å²) < 4.78 is 16.5. The molecule has 0 saturated carbocycles. The summed E-state index contributed by atoms with van der Waals surface area (Å²) in [7, 11) is 1.68. The second-order valence-corrected chi connectivity index (χ2v) is 12.7. The summed E-state index contributed by atoms with van der Waals surface area (Å²) in [4.78, 5) is 4.71. The Labute approximate surface area is 271 Å². The number of rotatable bonds is 8. The SMILES string of the molecule is CCCc1cc(Oc2ccc3c4ccccc4n(-c4cc(OC)ccn4)c3c2)cc(-n2nc(C)c([C@@H]3C(C)=CCC[C@@H]3C)c2C)c1. The number of fused-ring (bicyclic) bond motifs is 3. The molecule has 0 aliphatic heterocycles. The van der Waals surface area contributed by atoms with Crippen molar-refractivity contribution < 1.29 is 9.47 Å². The number of hydrogen-bond acceptors (Lipinski definition) is 4. The molecule has 3 heterocycles. The summed E-state index contributed by atoms with van der Waals surface area (Å²) >= 11 is 0. The van der Waals surface area contributed by atoms with E-state index in [-0.39, 0.29) is 0 Å². The van der Waals surface area contributed by atoms with Gasteiger partial charge in [-0.15, -0.1) is 0 Å². The molecule has 0 amide bonds. The summed E-state index contributed by atoms with van der Waals surface area (Å²) in [6.07, 6.45) is 8.59. The van der Waals surface area contributed by atoms with Gasteiger partial charge in [0, 0.05) is 52.3 Å². The lowest BCUT2D eigenvalue weighted by Gasteiger charge is -2.29. The Bertz CT molecular complexity index is 2100. The number of nitrogens with zero attached hydrogens (tertiary/aromatic N) is 4. The smallest absolute Gasteiger partial charge is 0.141 e. The summed E-state index contributed by atoms with van der Waals surface area (Å²) in [6.45, 7) is 11.3. The van der Waals surface area contributed by atoms with Gasteiger partial charge in [0.15, 0.2) is 0 Å². The molecule has 3 aromatic carbocycles. The fourth-order valence-corrected chi connectivity index (χ4v) is 7.49. The van der Waals surface area contributed by atoms with Crippen LogP contribution in [-0.2, 0) is 6.42 Å². The Kier molecular flexibility index (Phi) is 7.89. The molecule has 0 fully saturated rings. The van der Waals surface area contributed by atoms with Gasteiger partial charge in [0.2, 0.25) is 0 Å². The highest BCUT2D eigenvalue weighted by molar-refractivity contribution is 6.09. The molecule has 1 aliphatic carbocycles. The van der Waals surface area contributed by atoms with Crippen molar-refractivity contribution in [3.8, 4) is 28.8 Å². The van der Waals surface area contributed by atoms with E-state index in [1.807, 2.05) is 12.1 Å². The first-order chi connectivity index (χ1) is 22.4. The predicted octanol–water partition coefficient (Wildman–Crippen LogP) is 10.2. The van der Waals surface area contributed by atoms with E-state index in [2.05, 4.69) is 111 Å². The van der Waals surface area contributed by atoms with Crippen LogP contribution in [0.25, 0.3) is 33.3 Å². The Balaban J connectivity index is 1.31. The van der Waals surface area contributed by atoms with Gasteiger partial charge in [-0.25, -0.2) is 9.67 Å². The van der Waals surface area contributed by atoms with Crippen LogP contribution < -0.4 is 9.47 Å². The lowest BCUT2D eigenvalue weighted by molar-refractivity contribution is 0.414. The van der Waals surface area contributed by atoms with Crippen molar-refractivity contribution in [1.29, 1.82) is 0 Å². The lowest BCUT2D eigenvalue weighted by atomic mass is 9.75. The molecule has 0 unspecified atom stereocenters. The van der Waals surface area contributed by atoms with Crippen molar-refractivity contribution in [2.75, 3.05) is 7.11 Å². The van der Waals surface area contributed by atoms with Crippen LogP contribution >= 0.6 is 0 Å². The van der Waals surface area contributed by atoms with Crippen LogP contribution in [0, 0.1) is 19.8 Å². The summed E-state index contributed by atoms with van der Waals surface area (Å²) in [5, 5.41) is 7.42. The molecule has 7 rings (SSSR count). The lowest BCUT2D eigenvalue weighted by Crippen LogP contribution is -2.16. The number of aromatic nitrogens is 4. The van der Waals surface area contributed by atoms with Gasteiger partial charge in [-0.2, -0.15) is 5.10 Å². The number of benzene rings is 3. The molecule has 6 heteroatoms. The van der Waals surface area contributed by atoms with Crippen molar-refractivity contribution in [3.63, 3.8) is 0 Å². The number of aryl methyl sites for hydroxylation is 2. The Morgan fingerprint density at radius 1 is 0.870 bits per heavy atom. The van der Waals surface area contributed by atoms with Gasteiger partial charge in [0.25, 0.3) is 0 Å². The van der Waals surface area contributed by atoms with Gasteiger partial charge in [-0.1, -0.05) is 50.1 Å². The molecule has 1 aliphatic rings. The Hall–Kier alpha value is -4.84. The van der Waals surface area contributed by atoms with E-state index in [0.717, 1.165) is 70.1 Å². The number of methoxy groups -OCH3 is 1. The number of allylic oxidation sites excluding steroid dienone is 2. The zero-order valence-corrected chi connectivity index (χ0v) is 27.7. The highest BCUT2D eigenvalue weighted by Gasteiger charge is 2.29. The maximum atomic E-state index is 6.69. The van der Waals surface area contributed by atoms with Crippen molar-refractivity contribution in [1.82, 2.24) is 19.3 Å². The molecule has 0 spiro atoms. The highest BCUT2D eigenvalue weighted by Crippen LogP contribution is 2.42. The molecule has 6 nitrogen and oxygen atoms in total. The molecule has 6 aromatic rings. The van der Waals surface area contributed by atoms with Crippen molar-refractivity contribution in [2.45, 2.75) is 66.2 Å². The third kappa shape index (κ3) is 5.26. The third-order valence-corrected chi connectivity index (χ3v) is 9.60. The van der Waals surface area contributed by atoms with Gasteiger partial charge >= 0.3 is 0 Å². The zero-order valence-electron chi connectivity index (χ0n) is 27.7. The van der Waals surface area contributed by atoms with Crippen LogP contribution in [0.3, 0.4) is 0 Å². The van der Waals surface area contributed by atoms with Crippen LogP contribution in [0.5, 0.6) is 17.2 Å². The van der Waals surface area contributed by atoms with E-state index in [9.17, 15) is 0 Å². The number of pyridine rings is 1. The second kappa shape index (κ2) is 12.2. The van der Waals surface area contributed by atoms with Gasteiger partial charge < -0.3 is 9.47 Å². The van der Waals surface area contributed by atoms with Crippen LogP contribution in [0.2, 0.25) is 0 Å². The van der Waals surface area contributed by atoms with Crippen molar-refractivity contribution in [3.05, 3.63) is 113 Å². The van der Waals surface area contributed by atoms with Crippen LogP contribution in [0.4, 0.5) is 0 Å². The molecule has 0 bridgehead atoms. The second-order valence-electron chi connectivity index (χ2n) is 12.7. The molecule has 2 atom stereocenters. The first kappa shape index (κ1) is 29.8. The molecular formula is C40H42N4O2. The average molecular weight is 611 g/mol. The van der Waals surface area contributed by atoms with Gasteiger partial charge in [-0.3, -0.25) is 4.57 Å². The van der Waals surface area contributed by atoms with E-state index >= 15 is 0 Å². The minimum atomic E-state index is 0.412. The van der Waals surface area contributed by atoms with Crippen LogP contribution in [-0.4, -0.2) is 26.4 Å². The fraction of sp³-hybridized carbons (Fsp3) is 0.300. The first-order valence-corrected chi connectivity index (χ1v) is 16.4. The largest absolute Gasteiger partial charge is 0.497 e. The monoisotopic (exact) mass is 610 g/mol. The van der Waals surface area contributed by atoms with Gasteiger partial charge in [-0.05, 0) is 87.9 Å². The quantitative estimate of drug-likeness (QED) is 0.161.